The Kier molecular flexibility index (Phi) is 5.37. The topological polar surface area (TPSA) is 85.2 Å². The molecule has 2 N–H and O–H groups in total. The van der Waals surface area contributed by atoms with E-state index in [1.54, 1.807) is 25.2 Å². The van der Waals surface area contributed by atoms with Crippen LogP contribution in [0.3, 0.4) is 0 Å². The van der Waals surface area contributed by atoms with E-state index in [2.05, 4.69) is 10.6 Å². The number of nitrogens with one attached hydrogen (secondary N) is 2. The maximum atomic E-state index is 15.0. The fourth-order valence-electron chi connectivity index (χ4n) is 5.34. The molecule has 2 fully saturated rings. The van der Waals surface area contributed by atoms with E-state index in [1.165, 1.54) is 17.0 Å². The highest BCUT2D eigenvalue weighted by atomic mass is 19.2. The molecular formula is C25H24F2N4O2. The number of fused-ring (bicyclic) bond motifs is 3. The van der Waals surface area contributed by atoms with Crippen molar-refractivity contribution in [2.45, 2.75) is 50.2 Å². The summed E-state index contributed by atoms with van der Waals surface area (Å²) in [6, 6.07) is 9.08. The maximum absolute atomic E-state index is 15.0. The van der Waals surface area contributed by atoms with Gasteiger partial charge in [-0.3, -0.25) is 9.59 Å². The summed E-state index contributed by atoms with van der Waals surface area (Å²) in [5, 5.41) is 15.5. The van der Waals surface area contributed by atoms with Crippen LogP contribution in [0, 0.1) is 28.9 Å². The molecule has 170 valence electrons. The van der Waals surface area contributed by atoms with Gasteiger partial charge >= 0.3 is 0 Å². The highest BCUT2D eigenvalue weighted by Crippen LogP contribution is 2.36. The number of hydrogen-bond donors (Lipinski definition) is 2. The van der Waals surface area contributed by atoms with Crippen molar-refractivity contribution in [2.75, 3.05) is 11.9 Å². The number of nitriles is 1. The summed E-state index contributed by atoms with van der Waals surface area (Å²) in [5.41, 5.74) is 2.10. The number of piperidine rings is 1. The van der Waals surface area contributed by atoms with Gasteiger partial charge in [0, 0.05) is 30.8 Å². The first-order chi connectivity index (χ1) is 15.9. The number of amides is 2. The largest absolute Gasteiger partial charge is 0.339 e. The van der Waals surface area contributed by atoms with Crippen LogP contribution in [0.15, 0.2) is 30.3 Å². The van der Waals surface area contributed by atoms with Crippen LogP contribution < -0.4 is 15.5 Å². The lowest BCUT2D eigenvalue weighted by molar-refractivity contribution is -0.124. The third-order valence-corrected chi connectivity index (χ3v) is 7.17. The van der Waals surface area contributed by atoms with Gasteiger partial charge in [0.25, 0.3) is 0 Å². The van der Waals surface area contributed by atoms with Crippen LogP contribution in [-0.4, -0.2) is 37.0 Å². The van der Waals surface area contributed by atoms with E-state index in [1.807, 2.05) is 6.07 Å². The van der Waals surface area contributed by atoms with Gasteiger partial charge < -0.3 is 15.5 Å². The van der Waals surface area contributed by atoms with E-state index < -0.39 is 17.7 Å². The smallest absolute Gasteiger partial charge is 0.238 e. The molecule has 3 aliphatic rings. The van der Waals surface area contributed by atoms with E-state index in [4.69, 9.17) is 0 Å². The molecule has 1 saturated heterocycles. The highest BCUT2D eigenvalue weighted by molar-refractivity contribution is 6.01. The van der Waals surface area contributed by atoms with Crippen molar-refractivity contribution in [3.8, 4) is 17.2 Å². The average Bonchev–Trinajstić information content (AvgIpc) is 3.52. The summed E-state index contributed by atoms with van der Waals surface area (Å²) in [4.78, 5) is 26.0. The van der Waals surface area contributed by atoms with Crippen molar-refractivity contribution in [1.29, 1.82) is 5.26 Å². The summed E-state index contributed by atoms with van der Waals surface area (Å²) in [6.07, 6.45) is 3.17. The van der Waals surface area contributed by atoms with E-state index >= 15 is 4.39 Å². The molecule has 1 saturated carbocycles. The Morgan fingerprint density at radius 3 is 2.79 bits per heavy atom. The van der Waals surface area contributed by atoms with Gasteiger partial charge in [-0.05, 0) is 47.9 Å². The van der Waals surface area contributed by atoms with E-state index in [-0.39, 0.29) is 41.3 Å². The minimum absolute atomic E-state index is 0.0254. The van der Waals surface area contributed by atoms with Crippen LogP contribution in [0.1, 0.15) is 30.4 Å². The first kappa shape index (κ1) is 21.5. The third-order valence-electron chi connectivity index (χ3n) is 7.17. The number of carbonyl (C=O) groups is 2. The standard InChI is InChI=1S/C25H24F2N4O2/c1-31-20-10-13(2-3-14(20)11-21(31)32)19-7-5-15(22(26)23(19)27)8-18(12-28)30-25(33)24-16-4-6-17(9-16)29-24/h2-3,5,7,10,16-18,24,29H,4,6,8-9,11H2,1H3,(H,30,33)/t16-,17+,18-,24-/m0/s1. The molecule has 8 heteroatoms. The highest BCUT2D eigenvalue weighted by Gasteiger charge is 2.43. The second-order valence-corrected chi connectivity index (χ2v) is 9.18. The van der Waals surface area contributed by atoms with Gasteiger partial charge in [-0.15, -0.1) is 0 Å². The molecule has 0 unspecified atom stereocenters. The van der Waals surface area contributed by atoms with Gasteiger partial charge in [0.15, 0.2) is 11.6 Å². The van der Waals surface area contributed by atoms with Crippen molar-refractivity contribution in [2.24, 2.45) is 5.92 Å². The lowest BCUT2D eigenvalue weighted by Crippen LogP contribution is -2.50. The number of rotatable bonds is 5. The summed E-state index contributed by atoms with van der Waals surface area (Å²) in [6.45, 7) is 0. The Bertz CT molecular complexity index is 1190. The number of anilines is 1. The summed E-state index contributed by atoms with van der Waals surface area (Å²) < 4.78 is 29.9. The Labute approximate surface area is 190 Å². The zero-order valence-corrected chi connectivity index (χ0v) is 18.2. The fraction of sp³-hybridized carbons (Fsp3) is 0.400. The van der Waals surface area contributed by atoms with Crippen LogP contribution >= 0.6 is 0 Å². The minimum Gasteiger partial charge on any atom is -0.339 e. The normalized spacial score (nSPS) is 24.0. The van der Waals surface area contributed by atoms with Crippen LogP contribution in [0.2, 0.25) is 0 Å². The third kappa shape index (κ3) is 3.76. The molecule has 4 atom stereocenters. The second-order valence-electron chi connectivity index (χ2n) is 9.18. The minimum atomic E-state index is -1.04. The molecule has 33 heavy (non-hydrogen) atoms. The van der Waals surface area contributed by atoms with Gasteiger partial charge in [0.1, 0.15) is 6.04 Å². The quantitative estimate of drug-likeness (QED) is 0.734. The number of benzene rings is 2. The van der Waals surface area contributed by atoms with Crippen LogP contribution in [0.25, 0.3) is 11.1 Å². The first-order valence-electron chi connectivity index (χ1n) is 11.2. The Morgan fingerprint density at radius 2 is 2.09 bits per heavy atom. The van der Waals surface area contributed by atoms with Crippen molar-refractivity contribution < 1.29 is 18.4 Å². The summed E-state index contributed by atoms with van der Waals surface area (Å²) in [5.74, 6) is -2.09. The lowest BCUT2D eigenvalue weighted by Gasteiger charge is -2.23. The molecule has 6 nitrogen and oxygen atoms in total. The molecule has 2 bridgehead atoms. The van der Waals surface area contributed by atoms with Gasteiger partial charge in [-0.1, -0.05) is 24.3 Å². The molecule has 2 heterocycles. The van der Waals surface area contributed by atoms with E-state index in [9.17, 15) is 19.2 Å². The molecule has 0 spiro atoms. The first-order valence-corrected chi connectivity index (χ1v) is 11.2. The van der Waals surface area contributed by atoms with Crippen LogP contribution in [0.5, 0.6) is 0 Å². The second kappa shape index (κ2) is 8.23. The van der Waals surface area contributed by atoms with E-state index in [0.717, 1.165) is 24.8 Å². The number of nitrogens with zero attached hydrogens (tertiary/aromatic N) is 2. The average molecular weight is 450 g/mol. The molecule has 2 aliphatic heterocycles. The summed E-state index contributed by atoms with van der Waals surface area (Å²) in [7, 11) is 1.65. The number of halogens is 2. The SMILES string of the molecule is CN1C(=O)Cc2ccc(-c3ccc(C[C@@H](C#N)NC(=O)[C@H]4N[C@@H]5CC[C@H]4C5)c(F)c3F)cc21. The van der Waals surface area contributed by atoms with Crippen molar-refractivity contribution >= 4 is 17.5 Å². The molecule has 2 aromatic rings. The molecule has 0 radical (unpaired) electrons. The molecule has 5 rings (SSSR count). The molecule has 2 aromatic carbocycles. The van der Waals surface area contributed by atoms with Crippen molar-refractivity contribution in [1.82, 2.24) is 10.6 Å². The Hall–Kier alpha value is -3.31. The van der Waals surface area contributed by atoms with Crippen LogP contribution in [0.4, 0.5) is 14.5 Å². The number of likely N-dealkylation sites (N-methyl/N-ethyl adjacent to an activating group) is 1. The lowest BCUT2D eigenvalue weighted by atomic mass is 9.97. The zero-order valence-electron chi connectivity index (χ0n) is 18.2. The molecule has 1 aliphatic carbocycles. The van der Waals surface area contributed by atoms with Crippen molar-refractivity contribution in [3.63, 3.8) is 0 Å². The van der Waals surface area contributed by atoms with Gasteiger partial charge in [-0.2, -0.15) is 5.26 Å². The van der Waals surface area contributed by atoms with Crippen molar-refractivity contribution in [3.05, 3.63) is 53.1 Å². The predicted molar refractivity (Wildman–Crippen MR) is 118 cm³/mol. The molecular weight excluding hydrogens is 426 g/mol. The molecule has 0 aromatic heterocycles. The molecule has 2 amide bonds. The van der Waals surface area contributed by atoms with E-state index in [0.29, 0.717) is 23.7 Å². The predicted octanol–water partition coefficient (Wildman–Crippen LogP) is 2.84. The van der Waals surface area contributed by atoms with Gasteiger partial charge in [0.05, 0.1) is 18.5 Å². The maximum Gasteiger partial charge on any atom is 0.238 e. The van der Waals surface area contributed by atoms with Gasteiger partial charge in [-0.25, -0.2) is 8.78 Å². The number of hydrogen-bond acceptors (Lipinski definition) is 4. The zero-order chi connectivity index (χ0) is 23.3. The monoisotopic (exact) mass is 450 g/mol. The van der Waals surface area contributed by atoms with Gasteiger partial charge in [0.2, 0.25) is 11.8 Å². The fourth-order valence-corrected chi connectivity index (χ4v) is 5.34. The Balaban J connectivity index is 1.33. The summed E-state index contributed by atoms with van der Waals surface area (Å²) >= 11 is 0. The van der Waals surface area contributed by atoms with Crippen LogP contribution in [-0.2, 0) is 22.4 Å². The number of carbonyl (C=O) groups excluding carboxylic acids is 2. The Morgan fingerprint density at radius 1 is 1.27 bits per heavy atom.